The minimum atomic E-state index is -1.66. The Labute approximate surface area is 139 Å². The number of rotatable bonds is 5. The van der Waals surface area contributed by atoms with Crippen LogP contribution in [0.15, 0.2) is 41.2 Å². The minimum absolute atomic E-state index is 0.169. The topological polar surface area (TPSA) is 46.9 Å². The number of carbonyl (C=O) groups is 1. The Hall–Kier alpha value is -2.61. The van der Waals surface area contributed by atoms with Crippen LogP contribution in [0.1, 0.15) is 10.4 Å². The number of nitrogens with zero attached hydrogens (tertiary/aromatic N) is 2. The zero-order valence-corrected chi connectivity index (χ0v) is 13.1. The fourth-order valence-corrected chi connectivity index (χ4v) is 2.78. The number of amides is 1. The van der Waals surface area contributed by atoms with Crippen LogP contribution >= 0.6 is 11.3 Å². The lowest BCUT2D eigenvalue weighted by atomic mass is 10.2. The highest BCUT2D eigenvalue weighted by Gasteiger charge is 2.18. The third kappa shape index (κ3) is 3.33. The molecule has 0 aliphatic rings. The molecule has 0 radical (unpaired) electrons. The van der Waals surface area contributed by atoms with Crippen LogP contribution in [0, 0.1) is 17.5 Å². The molecule has 4 nitrogen and oxygen atoms in total. The van der Waals surface area contributed by atoms with Crippen LogP contribution in [0.2, 0.25) is 0 Å². The van der Waals surface area contributed by atoms with Gasteiger partial charge in [0.2, 0.25) is 0 Å². The van der Waals surface area contributed by atoms with Crippen molar-refractivity contribution in [2.75, 3.05) is 6.54 Å². The molecule has 0 bridgehead atoms. The lowest BCUT2D eigenvalue weighted by Crippen LogP contribution is -2.28. The summed E-state index contributed by atoms with van der Waals surface area (Å²) in [4.78, 5) is 11.8. The first-order valence-electron chi connectivity index (χ1n) is 7.04. The van der Waals surface area contributed by atoms with E-state index in [9.17, 15) is 18.0 Å². The van der Waals surface area contributed by atoms with Crippen molar-refractivity contribution in [3.63, 3.8) is 0 Å². The molecule has 0 saturated heterocycles. The number of hydrogen-bond donors (Lipinski definition) is 1. The van der Waals surface area contributed by atoms with Crippen molar-refractivity contribution in [3.05, 3.63) is 64.2 Å². The number of hydrogen-bond acceptors (Lipinski definition) is 3. The molecule has 0 unspecified atom stereocenters. The van der Waals surface area contributed by atoms with E-state index in [2.05, 4.69) is 10.4 Å². The van der Waals surface area contributed by atoms with Crippen molar-refractivity contribution < 1.29 is 18.0 Å². The lowest BCUT2D eigenvalue weighted by Gasteiger charge is -2.07. The van der Waals surface area contributed by atoms with E-state index >= 15 is 0 Å². The Kier molecular flexibility index (Phi) is 4.66. The fourth-order valence-electron chi connectivity index (χ4n) is 2.13. The summed E-state index contributed by atoms with van der Waals surface area (Å²) in [6, 6.07) is 5.42. The molecule has 0 spiro atoms. The number of halogens is 3. The van der Waals surface area contributed by atoms with Gasteiger partial charge in [-0.1, -0.05) is 0 Å². The van der Waals surface area contributed by atoms with Gasteiger partial charge in [-0.3, -0.25) is 9.48 Å². The number of benzene rings is 1. The van der Waals surface area contributed by atoms with Gasteiger partial charge in [0.05, 0.1) is 17.8 Å². The Morgan fingerprint density at radius 1 is 1.17 bits per heavy atom. The van der Waals surface area contributed by atoms with Gasteiger partial charge < -0.3 is 5.32 Å². The zero-order chi connectivity index (χ0) is 17.1. The van der Waals surface area contributed by atoms with Gasteiger partial charge in [-0.25, -0.2) is 13.2 Å². The van der Waals surface area contributed by atoms with Gasteiger partial charge in [0.1, 0.15) is 0 Å². The molecule has 3 aromatic rings. The summed E-state index contributed by atoms with van der Waals surface area (Å²) in [5.74, 6) is -5.29. The zero-order valence-electron chi connectivity index (χ0n) is 12.3. The molecular formula is C16H12F3N3OS. The van der Waals surface area contributed by atoms with Crippen LogP contribution in [-0.2, 0) is 6.54 Å². The van der Waals surface area contributed by atoms with Crippen molar-refractivity contribution in [1.29, 1.82) is 0 Å². The summed E-state index contributed by atoms with van der Waals surface area (Å²) < 4.78 is 41.2. The second kappa shape index (κ2) is 6.88. The van der Waals surface area contributed by atoms with E-state index in [1.54, 1.807) is 22.2 Å². The fraction of sp³-hybridized carbons (Fsp3) is 0.125. The summed E-state index contributed by atoms with van der Waals surface area (Å²) in [5, 5.41) is 10.7. The van der Waals surface area contributed by atoms with E-state index in [1.807, 2.05) is 22.9 Å². The first-order valence-corrected chi connectivity index (χ1v) is 7.98. The van der Waals surface area contributed by atoms with E-state index in [0.29, 0.717) is 12.6 Å². The van der Waals surface area contributed by atoms with Crippen LogP contribution in [0.25, 0.3) is 11.3 Å². The van der Waals surface area contributed by atoms with Crippen molar-refractivity contribution >= 4 is 17.2 Å². The maximum Gasteiger partial charge on any atom is 0.254 e. The largest absolute Gasteiger partial charge is 0.350 e. The number of carbonyl (C=O) groups excluding carboxylic acids is 1. The summed E-state index contributed by atoms with van der Waals surface area (Å²) in [6.07, 6.45) is 1.76. The highest BCUT2D eigenvalue weighted by Crippen LogP contribution is 2.19. The van der Waals surface area contributed by atoms with Gasteiger partial charge in [-0.2, -0.15) is 16.4 Å². The summed E-state index contributed by atoms with van der Waals surface area (Å²) in [6.45, 7) is 0.531. The Morgan fingerprint density at radius 3 is 2.75 bits per heavy atom. The molecule has 24 heavy (non-hydrogen) atoms. The minimum Gasteiger partial charge on any atom is -0.350 e. The molecule has 0 atom stereocenters. The summed E-state index contributed by atoms with van der Waals surface area (Å²) in [7, 11) is 0. The standard InChI is InChI=1S/C16H12F3N3OS/c17-12-2-1-11(14(18)15(12)19)16(23)20-5-7-22-6-3-13(21-22)10-4-8-24-9-10/h1-4,6,8-9H,5,7H2,(H,20,23). The molecule has 3 rings (SSSR count). The Bertz CT molecular complexity index is 862. The molecule has 8 heteroatoms. The SMILES string of the molecule is O=C(NCCn1ccc(-c2ccsc2)n1)c1ccc(F)c(F)c1F. The average molecular weight is 351 g/mol. The molecule has 0 fully saturated rings. The second-order valence-corrected chi connectivity index (χ2v) is 5.73. The van der Waals surface area contributed by atoms with E-state index in [0.717, 1.165) is 17.3 Å². The van der Waals surface area contributed by atoms with Crippen molar-refractivity contribution in [2.24, 2.45) is 0 Å². The van der Waals surface area contributed by atoms with Crippen LogP contribution in [0.4, 0.5) is 13.2 Å². The third-order valence-electron chi connectivity index (χ3n) is 3.36. The van der Waals surface area contributed by atoms with E-state index in [4.69, 9.17) is 0 Å². The number of thiophene rings is 1. The molecule has 124 valence electrons. The molecule has 0 saturated carbocycles. The van der Waals surface area contributed by atoms with Crippen LogP contribution in [0.3, 0.4) is 0 Å². The Balaban J connectivity index is 1.59. The van der Waals surface area contributed by atoms with Gasteiger partial charge in [-0.05, 0) is 29.6 Å². The maximum absolute atomic E-state index is 13.5. The smallest absolute Gasteiger partial charge is 0.254 e. The predicted octanol–water partition coefficient (Wildman–Crippen LogP) is 3.46. The van der Waals surface area contributed by atoms with Gasteiger partial charge in [0.25, 0.3) is 5.91 Å². The Morgan fingerprint density at radius 2 is 2.00 bits per heavy atom. The van der Waals surface area contributed by atoms with E-state index < -0.39 is 28.9 Å². The normalized spacial score (nSPS) is 10.8. The second-order valence-electron chi connectivity index (χ2n) is 4.95. The highest BCUT2D eigenvalue weighted by molar-refractivity contribution is 7.08. The monoisotopic (exact) mass is 351 g/mol. The third-order valence-corrected chi connectivity index (χ3v) is 4.05. The quantitative estimate of drug-likeness (QED) is 0.716. The first kappa shape index (κ1) is 16.3. The maximum atomic E-state index is 13.5. The molecule has 1 aromatic carbocycles. The van der Waals surface area contributed by atoms with Crippen LogP contribution in [-0.4, -0.2) is 22.2 Å². The molecule has 2 heterocycles. The molecule has 1 N–H and O–H groups in total. The average Bonchev–Trinajstić information content (AvgIpc) is 3.23. The van der Waals surface area contributed by atoms with Crippen molar-refractivity contribution in [1.82, 2.24) is 15.1 Å². The molecular weight excluding hydrogens is 339 g/mol. The van der Waals surface area contributed by atoms with Crippen molar-refractivity contribution in [2.45, 2.75) is 6.54 Å². The summed E-state index contributed by atoms with van der Waals surface area (Å²) >= 11 is 1.57. The molecule has 0 aliphatic heterocycles. The summed E-state index contributed by atoms with van der Waals surface area (Å²) in [5.41, 5.74) is 1.29. The van der Waals surface area contributed by atoms with Gasteiger partial charge in [-0.15, -0.1) is 0 Å². The number of nitrogens with one attached hydrogen (secondary N) is 1. The molecule has 1 amide bonds. The number of aromatic nitrogens is 2. The van der Waals surface area contributed by atoms with Crippen molar-refractivity contribution in [3.8, 4) is 11.3 Å². The first-order chi connectivity index (χ1) is 11.6. The molecule has 0 aliphatic carbocycles. The van der Waals surface area contributed by atoms with Gasteiger partial charge in [0, 0.05) is 23.7 Å². The van der Waals surface area contributed by atoms with Gasteiger partial charge >= 0.3 is 0 Å². The van der Waals surface area contributed by atoms with E-state index in [-0.39, 0.29) is 6.54 Å². The van der Waals surface area contributed by atoms with Gasteiger partial charge in [0.15, 0.2) is 17.5 Å². The molecule has 2 aromatic heterocycles. The predicted molar refractivity (Wildman–Crippen MR) is 84.2 cm³/mol. The van der Waals surface area contributed by atoms with Crippen LogP contribution in [0.5, 0.6) is 0 Å². The van der Waals surface area contributed by atoms with E-state index in [1.165, 1.54) is 0 Å². The highest BCUT2D eigenvalue weighted by atomic mass is 32.1. The lowest BCUT2D eigenvalue weighted by molar-refractivity contribution is 0.0946. The van der Waals surface area contributed by atoms with Crippen LogP contribution < -0.4 is 5.32 Å².